The number of aldehydes is 1. The van der Waals surface area contributed by atoms with E-state index in [1.165, 1.54) is 0 Å². The summed E-state index contributed by atoms with van der Waals surface area (Å²) in [6.45, 7) is 0. The SMILES string of the molecule is CN(C)C1=CCC(=S)C(C=O)=C1. The zero-order valence-electron chi connectivity index (χ0n) is 7.20. The number of hydrogen-bond acceptors (Lipinski definition) is 3. The van der Waals surface area contributed by atoms with Crippen LogP contribution in [0.2, 0.25) is 0 Å². The Labute approximate surface area is 77.6 Å². The van der Waals surface area contributed by atoms with Crippen molar-refractivity contribution in [1.82, 2.24) is 4.90 Å². The van der Waals surface area contributed by atoms with Gasteiger partial charge in [-0.15, -0.1) is 0 Å². The van der Waals surface area contributed by atoms with Crippen LogP contribution in [-0.2, 0) is 4.79 Å². The van der Waals surface area contributed by atoms with Crippen LogP contribution in [0.1, 0.15) is 6.42 Å². The molecule has 1 aliphatic rings. The standard InChI is InChI=1S/C9H11NOS/c1-10(2)8-3-4-9(12)7(5-8)6-11/h3,5-6H,4H2,1-2H3. The fraction of sp³-hybridized carbons (Fsp3) is 0.333. The highest BCUT2D eigenvalue weighted by Gasteiger charge is 2.10. The summed E-state index contributed by atoms with van der Waals surface area (Å²) in [6.07, 6.45) is 5.36. The van der Waals surface area contributed by atoms with Crippen LogP contribution >= 0.6 is 12.2 Å². The van der Waals surface area contributed by atoms with Crippen molar-refractivity contribution >= 4 is 23.4 Å². The molecule has 3 heteroatoms. The van der Waals surface area contributed by atoms with Gasteiger partial charge in [-0.25, -0.2) is 0 Å². The molecule has 12 heavy (non-hydrogen) atoms. The van der Waals surface area contributed by atoms with Gasteiger partial charge in [0.1, 0.15) is 0 Å². The Morgan fingerprint density at radius 1 is 1.58 bits per heavy atom. The average Bonchev–Trinajstić information content (AvgIpc) is 2.05. The normalized spacial score (nSPS) is 16.7. The van der Waals surface area contributed by atoms with E-state index < -0.39 is 0 Å². The Bertz CT molecular complexity index is 276. The molecule has 64 valence electrons. The maximum atomic E-state index is 10.5. The molecule has 1 rings (SSSR count). The molecule has 0 aromatic rings. The molecule has 1 aliphatic carbocycles. The summed E-state index contributed by atoms with van der Waals surface area (Å²) in [5.41, 5.74) is 1.68. The number of rotatable bonds is 2. The lowest BCUT2D eigenvalue weighted by Gasteiger charge is -2.18. The molecule has 0 aromatic carbocycles. The maximum absolute atomic E-state index is 10.5. The number of allylic oxidation sites excluding steroid dienone is 3. The summed E-state index contributed by atoms with van der Waals surface area (Å²) in [4.78, 5) is 13.2. The molecule has 2 nitrogen and oxygen atoms in total. The highest BCUT2D eigenvalue weighted by molar-refractivity contribution is 7.81. The minimum absolute atomic E-state index is 0.635. The Hall–Kier alpha value is -0.960. The second-order valence-corrected chi connectivity index (χ2v) is 3.36. The van der Waals surface area contributed by atoms with Gasteiger partial charge in [0.25, 0.3) is 0 Å². The first kappa shape index (κ1) is 9.13. The van der Waals surface area contributed by atoms with Gasteiger partial charge >= 0.3 is 0 Å². The van der Waals surface area contributed by atoms with Crippen LogP contribution in [0, 0.1) is 0 Å². The highest BCUT2D eigenvalue weighted by Crippen LogP contribution is 2.15. The molecule has 0 heterocycles. The lowest BCUT2D eigenvalue weighted by atomic mass is 10.0. The summed E-state index contributed by atoms with van der Waals surface area (Å²) in [5.74, 6) is 0. The Balaban J connectivity index is 2.91. The number of hydrogen-bond donors (Lipinski definition) is 0. The van der Waals surface area contributed by atoms with Crippen LogP contribution in [0.15, 0.2) is 23.4 Å². The van der Waals surface area contributed by atoms with Crippen LogP contribution < -0.4 is 0 Å². The van der Waals surface area contributed by atoms with Crippen molar-refractivity contribution in [3.05, 3.63) is 23.4 Å². The van der Waals surface area contributed by atoms with Crippen molar-refractivity contribution in [2.24, 2.45) is 0 Å². The first-order valence-corrected chi connectivity index (χ1v) is 4.13. The van der Waals surface area contributed by atoms with Gasteiger partial charge in [-0.05, 0) is 6.08 Å². The van der Waals surface area contributed by atoms with Crippen LogP contribution in [-0.4, -0.2) is 30.1 Å². The zero-order valence-corrected chi connectivity index (χ0v) is 8.02. The van der Waals surface area contributed by atoms with Crippen molar-refractivity contribution in [2.45, 2.75) is 6.42 Å². The minimum Gasteiger partial charge on any atom is -0.378 e. The quantitative estimate of drug-likeness (QED) is 0.473. The van der Waals surface area contributed by atoms with E-state index in [9.17, 15) is 4.79 Å². The van der Waals surface area contributed by atoms with Crippen molar-refractivity contribution in [1.29, 1.82) is 0 Å². The van der Waals surface area contributed by atoms with Gasteiger partial charge in [0.15, 0.2) is 6.29 Å². The van der Waals surface area contributed by atoms with E-state index in [4.69, 9.17) is 12.2 Å². The predicted molar refractivity (Wildman–Crippen MR) is 53.1 cm³/mol. The Kier molecular flexibility index (Phi) is 2.76. The topological polar surface area (TPSA) is 20.3 Å². The van der Waals surface area contributed by atoms with Crippen LogP contribution in [0.25, 0.3) is 0 Å². The van der Waals surface area contributed by atoms with Crippen molar-refractivity contribution in [3.63, 3.8) is 0 Å². The monoisotopic (exact) mass is 181 g/mol. The molecule has 0 aliphatic heterocycles. The summed E-state index contributed by atoms with van der Waals surface area (Å²) in [5, 5.41) is 0. The summed E-state index contributed by atoms with van der Waals surface area (Å²) >= 11 is 5.00. The number of thiocarbonyl (C=S) groups is 1. The molecule has 0 fully saturated rings. The second kappa shape index (κ2) is 3.63. The first-order chi connectivity index (χ1) is 5.65. The lowest BCUT2D eigenvalue weighted by molar-refractivity contribution is -0.104. The molecule has 0 radical (unpaired) electrons. The molecule has 0 atom stereocenters. The van der Waals surface area contributed by atoms with Gasteiger partial charge in [-0.2, -0.15) is 0 Å². The van der Waals surface area contributed by atoms with Gasteiger partial charge in [0, 0.05) is 36.7 Å². The van der Waals surface area contributed by atoms with E-state index in [0.717, 1.165) is 16.8 Å². The molecular formula is C9H11NOS. The molecule has 0 spiro atoms. The van der Waals surface area contributed by atoms with Crippen molar-refractivity contribution < 1.29 is 4.79 Å². The largest absolute Gasteiger partial charge is 0.378 e. The van der Waals surface area contributed by atoms with Crippen LogP contribution in [0.4, 0.5) is 0 Å². The van der Waals surface area contributed by atoms with Crippen molar-refractivity contribution in [3.8, 4) is 0 Å². The predicted octanol–water partition coefficient (Wildman–Crippen LogP) is 1.33. The van der Waals surface area contributed by atoms with Gasteiger partial charge in [-0.3, -0.25) is 4.79 Å². The molecule has 0 aromatic heterocycles. The third-order valence-corrected chi connectivity index (χ3v) is 2.17. The first-order valence-electron chi connectivity index (χ1n) is 3.72. The smallest absolute Gasteiger partial charge is 0.151 e. The second-order valence-electron chi connectivity index (χ2n) is 2.87. The van der Waals surface area contributed by atoms with Gasteiger partial charge in [0.2, 0.25) is 0 Å². The molecular weight excluding hydrogens is 170 g/mol. The highest BCUT2D eigenvalue weighted by atomic mass is 32.1. The molecule has 0 bridgehead atoms. The molecule has 0 N–H and O–H groups in total. The fourth-order valence-electron chi connectivity index (χ4n) is 1.03. The van der Waals surface area contributed by atoms with Gasteiger partial charge in [0.05, 0.1) is 0 Å². The zero-order chi connectivity index (χ0) is 9.14. The molecule has 0 unspecified atom stereocenters. The minimum atomic E-state index is 0.635. The third-order valence-electron chi connectivity index (χ3n) is 1.77. The number of carbonyl (C=O) groups excluding carboxylic acids is 1. The van der Waals surface area contributed by atoms with E-state index in [1.807, 2.05) is 31.1 Å². The lowest BCUT2D eigenvalue weighted by Crippen LogP contribution is -2.15. The summed E-state index contributed by atoms with van der Waals surface area (Å²) in [7, 11) is 3.89. The molecule has 0 saturated heterocycles. The number of carbonyl (C=O) groups is 1. The Morgan fingerprint density at radius 2 is 2.25 bits per heavy atom. The number of likely N-dealkylation sites (N-methyl/N-ethyl adjacent to an activating group) is 1. The maximum Gasteiger partial charge on any atom is 0.151 e. The van der Waals surface area contributed by atoms with E-state index in [-0.39, 0.29) is 0 Å². The molecule has 0 saturated carbocycles. The van der Waals surface area contributed by atoms with E-state index >= 15 is 0 Å². The van der Waals surface area contributed by atoms with Crippen LogP contribution in [0.5, 0.6) is 0 Å². The van der Waals surface area contributed by atoms with Crippen molar-refractivity contribution in [2.75, 3.05) is 14.1 Å². The van der Waals surface area contributed by atoms with E-state index in [1.54, 1.807) is 0 Å². The van der Waals surface area contributed by atoms with Gasteiger partial charge in [-0.1, -0.05) is 18.3 Å². The summed E-state index contributed by atoms with van der Waals surface area (Å²) < 4.78 is 0. The fourth-order valence-corrected chi connectivity index (χ4v) is 1.22. The third kappa shape index (κ3) is 1.80. The van der Waals surface area contributed by atoms with Crippen LogP contribution in [0.3, 0.4) is 0 Å². The van der Waals surface area contributed by atoms with E-state index in [0.29, 0.717) is 12.0 Å². The molecule has 0 amide bonds. The number of nitrogens with zero attached hydrogens (tertiary/aromatic N) is 1. The Morgan fingerprint density at radius 3 is 2.75 bits per heavy atom. The average molecular weight is 181 g/mol. The van der Waals surface area contributed by atoms with Gasteiger partial charge < -0.3 is 4.90 Å². The van der Waals surface area contributed by atoms with E-state index in [2.05, 4.69) is 0 Å². The summed E-state index contributed by atoms with van der Waals surface area (Å²) in [6, 6.07) is 0.